The van der Waals surface area contributed by atoms with E-state index < -0.39 is 0 Å². The minimum absolute atomic E-state index is 0.251. The summed E-state index contributed by atoms with van der Waals surface area (Å²) in [4.78, 5) is 11.9. The average Bonchev–Trinajstić information content (AvgIpc) is 2.45. The van der Waals surface area contributed by atoms with Crippen LogP contribution in [-0.4, -0.2) is 17.2 Å². The van der Waals surface area contributed by atoms with E-state index in [1.165, 1.54) is 0 Å². The maximum Gasteiger partial charge on any atom is 0.271 e. The zero-order chi connectivity index (χ0) is 15.4. The van der Waals surface area contributed by atoms with Gasteiger partial charge in [-0.2, -0.15) is 5.10 Å². The van der Waals surface area contributed by atoms with Crippen LogP contribution in [0.4, 0.5) is 0 Å². The number of rotatable bonds is 3. The lowest BCUT2D eigenvalue weighted by Gasteiger charge is -2.04. The number of hydrogen-bond donors (Lipinski definition) is 2. The Morgan fingerprint density at radius 1 is 1.10 bits per heavy atom. The summed E-state index contributed by atoms with van der Waals surface area (Å²) in [5, 5.41) is 13.6. The Balaban J connectivity index is 2.05. The third kappa shape index (κ3) is 3.69. The predicted octanol–water partition coefficient (Wildman–Crippen LogP) is 3.08. The topological polar surface area (TPSA) is 61.7 Å². The molecule has 2 aromatic carbocycles. The quantitative estimate of drug-likeness (QED) is 0.671. The molecule has 1 amide bonds. The summed E-state index contributed by atoms with van der Waals surface area (Å²) in [5.74, 6) is 0.0364. The minimum atomic E-state index is -0.251. The first-order valence-electron chi connectivity index (χ1n) is 6.67. The normalized spacial score (nSPS) is 10.8. The van der Waals surface area contributed by atoms with Gasteiger partial charge in [0, 0.05) is 5.56 Å². The van der Waals surface area contributed by atoms with E-state index in [1.807, 2.05) is 45.0 Å². The lowest BCUT2D eigenvalue weighted by Crippen LogP contribution is -2.17. The SMILES string of the molecule is Cc1ccc(C(=O)N/N=C/c2cc(C)c(O)c(C)c2)cc1. The first-order chi connectivity index (χ1) is 9.97. The van der Waals surface area contributed by atoms with E-state index in [0.717, 1.165) is 22.3 Å². The molecule has 0 spiro atoms. The Hall–Kier alpha value is -2.62. The van der Waals surface area contributed by atoms with Crippen molar-refractivity contribution in [2.75, 3.05) is 0 Å². The molecule has 21 heavy (non-hydrogen) atoms. The van der Waals surface area contributed by atoms with Gasteiger partial charge in [-0.15, -0.1) is 0 Å². The summed E-state index contributed by atoms with van der Waals surface area (Å²) in [5.41, 5.74) is 6.54. The second-order valence-corrected chi connectivity index (χ2v) is 5.07. The number of nitrogens with one attached hydrogen (secondary N) is 1. The lowest BCUT2D eigenvalue weighted by atomic mass is 10.1. The zero-order valence-electron chi connectivity index (χ0n) is 12.3. The van der Waals surface area contributed by atoms with Gasteiger partial charge < -0.3 is 5.11 Å². The van der Waals surface area contributed by atoms with Crippen molar-refractivity contribution in [2.45, 2.75) is 20.8 Å². The van der Waals surface area contributed by atoms with Crippen LogP contribution in [0.3, 0.4) is 0 Å². The highest BCUT2D eigenvalue weighted by Gasteiger charge is 2.04. The fourth-order valence-corrected chi connectivity index (χ4v) is 2.00. The second kappa shape index (κ2) is 6.22. The van der Waals surface area contributed by atoms with Crippen LogP contribution in [0.25, 0.3) is 0 Å². The molecular weight excluding hydrogens is 264 g/mol. The summed E-state index contributed by atoms with van der Waals surface area (Å²) in [6.07, 6.45) is 1.56. The summed E-state index contributed by atoms with van der Waals surface area (Å²) in [7, 11) is 0. The smallest absolute Gasteiger partial charge is 0.271 e. The number of carbonyl (C=O) groups excluding carboxylic acids is 1. The fourth-order valence-electron chi connectivity index (χ4n) is 2.00. The minimum Gasteiger partial charge on any atom is -0.507 e. The third-order valence-electron chi connectivity index (χ3n) is 3.21. The van der Waals surface area contributed by atoms with Gasteiger partial charge in [-0.05, 0) is 61.7 Å². The van der Waals surface area contributed by atoms with Crippen molar-refractivity contribution in [3.05, 3.63) is 64.2 Å². The van der Waals surface area contributed by atoms with Crippen LogP contribution in [-0.2, 0) is 0 Å². The Morgan fingerprint density at radius 3 is 2.24 bits per heavy atom. The molecule has 0 aliphatic rings. The van der Waals surface area contributed by atoms with E-state index in [0.29, 0.717) is 5.56 Å². The monoisotopic (exact) mass is 282 g/mol. The number of phenolic OH excluding ortho intramolecular Hbond substituents is 1. The zero-order valence-corrected chi connectivity index (χ0v) is 12.3. The van der Waals surface area contributed by atoms with Crippen LogP contribution in [0.5, 0.6) is 5.75 Å². The van der Waals surface area contributed by atoms with E-state index in [1.54, 1.807) is 18.3 Å². The number of nitrogens with zero attached hydrogens (tertiary/aromatic N) is 1. The second-order valence-electron chi connectivity index (χ2n) is 5.07. The molecule has 0 radical (unpaired) electrons. The molecule has 0 bridgehead atoms. The van der Waals surface area contributed by atoms with E-state index in [2.05, 4.69) is 10.5 Å². The standard InChI is InChI=1S/C17H18N2O2/c1-11-4-6-15(7-5-11)17(21)19-18-10-14-8-12(2)16(20)13(3)9-14/h4-10,20H,1-3H3,(H,19,21)/b18-10+. The van der Waals surface area contributed by atoms with Gasteiger partial charge in [-0.25, -0.2) is 5.43 Å². The lowest BCUT2D eigenvalue weighted by molar-refractivity contribution is 0.0955. The maximum atomic E-state index is 11.9. The molecule has 2 rings (SSSR count). The van der Waals surface area contributed by atoms with Crippen molar-refractivity contribution in [3.8, 4) is 5.75 Å². The number of hydrogen-bond acceptors (Lipinski definition) is 3. The first-order valence-corrected chi connectivity index (χ1v) is 6.67. The predicted molar refractivity (Wildman–Crippen MR) is 83.8 cm³/mol. The highest BCUT2D eigenvalue weighted by atomic mass is 16.3. The van der Waals surface area contributed by atoms with Gasteiger partial charge >= 0.3 is 0 Å². The van der Waals surface area contributed by atoms with Gasteiger partial charge in [0.25, 0.3) is 5.91 Å². The molecular formula is C17H18N2O2. The van der Waals surface area contributed by atoms with E-state index in [9.17, 15) is 9.90 Å². The third-order valence-corrected chi connectivity index (χ3v) is 3.21. The van der Waals surface area contributed by atoms with Crippen LogP contribution >= 0.6 is 0 Å². The number of aromatic hydroxyl groups is 1. The number of phenols is 1. The molecule has 4 heteroatoms. The van der Waals surface area contributed by atoms with Crippen molar-refractivity contribution in [1.82, 2.24) is 5.43 Å². The van der Waals surface area contributed by atoms with Crippen LogP contribution in [0, 0.1) is 20.8 Å². The Morgan fingerprint density at radius 2 is 1.67 bits per heavy atom. The van der Waals surface area contributed by atoms with Crippen LogP contribution in [0.1, 0.15) is 32.6 Å². The van der Waals surface area contributed by atoms with Gasteiger partial charge in [0.1, 0.15) is 5.75 Å². The molecule has 0 unspecified atom stereocenters. The number of hydrazone groups is 1. The number of carbonyl (C=O) groups is 1. The number of aryl methyl sites for hydroxylation is 3. The first kappa shape index (κ1) is 14.8. The van der Waals surface area contributed by atoms with Crippen molar-refractivity contribution in [3.63, 3.8) is 0 Å². The van der Waals surface area contributed by atoms with Crippen molar-refractivity contribution >= 4 is 12.1 Å². The molecule has 0 heterocycles. The fraction of sp³-hybridized carbons (Fsp3) is 0.176. The highest BCUT2D eigenvalue weighted by Crippen LogP contribution is 2.21. The molecule has 0 saturated carbocycles. The molecule has 0 atom stereocenters. The molecule has 108 valence electrons. The van der Waals surface area contributed by atoms with Crippen molar-refractivity contribution in [2.24, 2.45) is 5.10 Å². The van der Waals surface area contributed by atoms with Gasteiger partial charge in [-0.1, -0.05) is 17.7 Å². The van der Waals surface area contributed by atoms with Crippen molar-refractivity contribution in [1.29, 1.82) is 0 Å². The van der Waals surface area contributed by atoms with Gasteiger partial charge in [0.2, 0.25) is 0 Å². The molecule has 4 nitrogen and oxygen atoms in total. The summed E-state index contributed by atoms with van der Waals surface area (Å²) in [6, 6.07) is 10.9. The van der Waals surface area contributed by atoms with E-state index >= 15 is 0 Å². The average molecular weight is 282 g/mol. The largest absolute Gasteiger partial charge is 0.507 e. The van der Waals surface area contributed by atoms with E-state index in [4.69, 9.17) is 0 Å². The Labute approximate surface area is 124 Å². The van der Waals surface area contributed by atoms with Gasteiger partial charge in [-0.3, -0.25) is 4.79 Å². The van der Waals surface area contributed by atoms with Crippen molar-refractivity contribution < 1.29 is 9.90 Å². The van der Waals surface area contributed by atoms with Crippen LogP contribution in [0.2, 0.25) is 0 Å². The summed E-state index contributed by atoms with van der Waals surface area (Å²) < 4.78 is 0. The van der Waals surface area contributed by atoms with E-state index in [-0.39, 0.29) is 11.7 Å². The molecule has 0 fully saturated rings. The molecule has 0 aliphatic heterocycles. The van der Waals surface area contributed by atoms with Gasteiger partial charge in [0.15, 0.2) is 0 Å². The number of benzene rings is 2. The molecule has 0 saturated heterocycles. The summed E-state index contributed by atoms with van der Waals surface area (Å²) in [6.45, 7) is 5.62. The Kier molecular flexibility index (Phi) is 4.38. The summed E-state index contributed by atoms with van der Waals surface area (Å²) >= 11 is 0. The highest BCUT2D eigenvalue weighted by molar-refractivity contribution is 5.94. The Bertz CT molecular complexity index is 665. The van der Waals surface area contributed by atoms with Crippen LogP contribution < -0.4 is 5.43 Å². The molecule has 2 aromatic rings. The number of amides is 1. The molecule has 0 aliphatic carbocycles. The molecule has 0 aromatic heterocycles. The maximum absolute atomic E-state index is 11.9. The van der Waals surface area contributed by atoms with Gasteiger partial charge in [0.05, 0.1) is 6.21 Å². The van der Waals surface area contributed by atoms with Crippen LogP contribution in [0.15, 0.2) is 41.5 Å². The molecule has 2 N–H and O–H groups in total.